The highest BCUT2D eigenvalue weighted by Crippen LogP contribution is 2.21. The van der Waals surface area contributed by atoms with Gasteiger partial charge in [-0.1, -0.05) is 19.1 Å². The Bertz CT molecular complexity index is 515. The molecule has 1 heterocycles. The van der Waals surface area contributed by atoms with E-state index in [0.29, 0.717) is 13.0 Å². The van der Waals surface area contributed by atoms with Gasteiger partial charge in [-0.25, -0.2) is 0 Å². The standard InChI is InChI=1S/C17H23NO3S/c1-2-22-15-7-5-13(6-8-15)16(19)9-11-18-10-3-4-14(18)12-17(20)21/h5-8,14H,2-4,9-12H2,1H3,(H,20,21). The normalized spacial score (nSPS) is 18.5. The lowest BCUT2D eigenvalue weighted by molar-refractivity contribution is -0.138. The van der Waals surface area contributed by atoms with Gasteiger partial charge in [-0.15, -0.1) is 11.8 Å². The molecule has 0 aromatic heterocycles. The molecule has 1 aromatic carbocycles. The van der Waals surface area contributed by atoms with E-state index in [0.717, 1.165) is 30.7 Å². The summed E-state index contributed by atoms with van der Waals surface area (Å²) in [5, 5.41) is 8.92. The first-order valence-electron chi connectivity index (χ1n) is 7.82. The molecule has 120 valence electrons. The van der Waals surface area contributed by atoms with Crippen molar-refractivity contribution in [3.8, 4) is 0 Å². The van der Waals surface area contributed by atoms with E-state index in [1.165, 1.54) is 4.90 Å². The van der Waals surface area contributed by atoms with Crippen molar-refractivity contribution in [2.45, 2.75) is 43.5 Å². The Hall–Kier alpha value is -1.33. The van der Waals surface area contributed by atoms with Gasteiger partial charge in [-0.05, 0) is 37.3 Å². The minimum absolute atomic E-state index is 0.0913. The second-order valence-corrected chi connectivity index (χ2v) is 6.90. The van der Waals surface area contributed by atoms with E-state index in [-0.39, 0.29) is 18.2 Å². The summed E-state index contributed by atoms with van der Waals surface area (Å²) in [6, 6.07) is 7.85. The van der Waals surface area contributed by atoms with Crippen molar-refractivity contribution < 1.29 is 14.7 Å². The number of thioether (sulfide) groups is 1. The molecule has 1 N–H and O–H groups in total. The van der Waals surface area contributed by atoms with Crippen LogP contribution < -0.4 is 0 Å². The molecular formula is C17H23NO3S. The van der Waals surface area contributed by atoms with Crippen LogP contribution in [-0.2, 0) is 4.79 Å². The van der Waals surface area contributed by atoms with Crippen LogP contribution in [-0.4, -0.2) is 46.6 Å². The molecule has 0 amide bonds. The molecule has 1 atom stereocenters. The number of likely N-dealkylation sites (tertiary alicyclic amines) is 1. The SMILES string of the molecule is CCSc1ccc(C(=O)CCN2CCCC2CC(=O)O)cc1. The molecule has 0 spiro atoms. The predicted octanol–water partition coefficient (Wildman–Crippen LogP) is 3.31. The third kappa shape index (κ3) is 4.85. The average molecular weight is 321 g/mol. The zero-order valence-corrected chi connectivity index (χ0v) is 13.8. The Kier molecular flexibility index (Phi) is 6.46. The Morgan fingerprint density at radius 1 is 1.32 bits per heavy atom. The van der Waals surface area contributed by atoms with Gasteiger partial charge in [0.1, 0.15) is 0 Å². The number of hydrogen-bond acceptors (Lipinski definition) is 4. The van der Waals surface area contributed by atoms with Crippen LogP contribution >= 0.6 is 11.8 Å². The van der Waals surface area contributed by atoms with Crippen LogP contribution in [0.2, 0.25) is 0 Å². The highest BCUT2D eigenvalue weighted by Gasteiger charge is 2.26. The van der Waals surface area contributed by atoms with Crippen LogP contribution in [0.1, 0.15) is 43.0 Å². The largest absolute Gasteiger partial charge is 0.481 e. The van der Waals surface area contributed by atoms with E-state index in [9.17, 15) is 9.59 Å². The number of hydrogen-bond donors (Lipinski definition) is 1. The van der Waals surface area contributed by atoms with E-state index in [2.05, 4.69) is 11.8 Å². The van der Waals surface area contributed by atoms with E-state index >= 15 is 0 Å². The number of benzene rings is 1. The maximum absolute atomic E-state index is 12.2. The molecule has 1 aliphatic rings. The zero-order chi connectivity index (χ0) is 15.9. The van der Waals surface area contributed by atoms with Crippen molar-refractivity contribution in [3.05, 3.63) is 29.8 Å². The van der Waals surface area contributed by atoms with Gasteiger partial charge >= 0.3 is 5.97 Å². The van der Waals surface area contributed by atoms with Gasteiger partial charge in [0.15, 0.2) is 5.78 Å². The quantitative estimate of drug-likeness (QED) is 0.588. The van der Waals surface area contributed by atoms with Crippen molar-refractivity contribution in [3.63, 3.8) is 0 Å². The summed E-state index contributed by atoms with van der Waals surface area (Å²) in [6.45, 7) is 3.66. The number of aliphatic carboxylic acids is 1. The first-order valence-corrected chi connectivity index (χ1v) is 8.80. The van der Waals surface area contributed by atoms with Crippen LogP contribution in [0.3, 0.4) is 0 Å². The molecule has 2 rings (SSSR count). The highest BCUT2D eigenvalue weighted by atomic mass is 32.2. The summed E-state index contributed by atoms with van der Waals surface area (Å²) in [5.74, 6) is 0.397. The summed E-state index contributed by atoms with van der Waals surface area (Å²) in [5.41, 5.74) is 0.745. The Morgan fingerprint density at radius 2 is 2.05 bits per heavy atom. The monoisotopic (exact) mass is 321 g/mol. The lowest BCUT2D eigenvalue weighted by Gasteiger charge is -2.22. The predicted molar refractivity (Wildman–Crippen MR) is 88.6 cm³/mol. The summed E-state index contributed by atoms with van der Waals surface area (Å²) >= 11 is 1.76. The van der Waals surface area contributed by atoms with Gasteiger partial charge in [-0.3, -0.25) is 14.5 Å². The van der Waals surface area contributed by atoms with E-state index in [1.807, 2.05) is 24.3 Å². The van der Waals surface area contributed by atoms with Crippen LogP contribution in [0.4, 0.5) is 0 Å². The molecule has 1 unspecified atom stereocenters. The van der Waals surface area contributed by atoms with Gasteiger partial charge in [0.25, 0.3) is 0 Å². The molecule has 1 aliphatic heterocycles. The fourth-order valence-electron chi connectivity index (χ4n) is 2.92. The van der Waals surface area contributed by atoms with Gasteiger partial charge < -0.3 is 5.11 Å². The second kappa shape index (κ2) is 8.34. The average Bonchev–Trinajstić information content (AvgIpc) is 2.92. The van der Waals surface area contributed by atoms with Gasteiger partial charge in [0.05, 0.1) is 6.42 Å². The van der Waals surface area contributed by atoms with Crippen LogP contribution in [0, 0.1) is 0 Å². The number of carbonyl (C=O) groups is 2. The molecule has 4 nitrogen and oxygen atoms in total. The fourth-order valence-corrected chi connectivity index (χ4v) is 3.58. The molecule has 5 heteroatoms. The number of ketones is 1. The smallest absolute Gasteiger partial charge is 0.304 e. The van der Waals surface area contributed by atoms with Gasteiger partial charge in [-0.2, -0.15) is 0 Å². The number of nitrogens with zero attached hydrogens (tertiary/aromatic N) is 1. The Morgan fingerprint density at radius 3 is 2.68 bits per heavy atom. The van der Waals surface area contributed by atoms with Crippen LogP contribution in [0.15, 0.2) is 29.2 Å². The summed E-state index contributed by atoms with van der Waals surface area (Å²) in [4.78, 5) is 26.4. The molecule has 0 radical (unpaired) electrons. The maximum atomic E-state index is 12.2. The Labute approximate surface area is 135 Å². The summed E-state index contributed by atoms with van der Waals surface area (Å²) in [6.07, 6.45) is 2.58. The molecule has 22 heavy (non-hydrogen) atoms. The number of carboxylic acids is 1. The van der Waals surface area contributed by atoms with Gasteiger partial charge in [0, 0.05) is 29.5 Å². The molecule has 0 aliphatic carbocycles. The Balaban J connectivity index is 1.85. The minimum atomic E-state index is -0.757. The molecule has 0 bridgehead atoms. The van der Waals surface area contributed by atoms with Crippen molar-refractivity contribution in [1.82, 2.24) is 4.90 Å². The minimum Gasteiger partial charge on any atom is -0.481 e. The second-order valence-electron chi connectivity index (χ2n) is 5.56. The molecule has 0 saturated carbocycles. The van der Waals surface area contributed by atoms with Crippen molar-refractivity contribution in [1.29, 1.82) is 0 Å². The molecule has 1 saturated heterocycles. The maximum Gasteiger partial charge on any atom is 0.304 e. The van der Waals surface area contributed by atoms with E-state index < -0.39 is 5.97 Å². The molecule has 1 fully saturated rings. The highest BCUT2D eigenvalue weighted by molar-refractivity contribution is 7.99. The number of carboxylic acid groups (broad SMARTS) is 1. The number of rotatable bonds is 8. The van der Waals surface area contributed by atoms with Crippen LogP contribution in [0.5, 0.6) is 0 Å². The first-order chi connectivity index (χ1) is 10.6. The first kappa shape index (κ1) is 17.0. The summed E-state index contributed by atoms with van der Waals surface area (Å²) in [7, 11) is 0. The third-order valence-corrected chi connectivity index (χ3v) is 4.92. The van der Waals surface area contributed by atoms with Crippen molar-refractivity contribution in [2.75, 3.05) is 18.8 Å². The van der Waals surface area contributed by atoms with E-state index in [1.54, 1.807) is 11.8 Å². The van der Waals surface area contributed by atoms with Crippen LogP contribution in [0.25, 0.3) is 0 Å². The molecule has 1 aromatic rings. The van der Waals surface area contributed by atoms with Crippen molar-refractivity contribution in [2.24, 2.45) is 0 Å². The van der Waals surface area contributed by atoms with E-state index in [4.69, 9.17) is 5.11 Å². The fraction of sp³-hybridized carbons (Fsp3) is 0.529. The number of carbonyl (C=O) groups excluding carboxylic acids is 1. The molecular weight excluding hydrogens is 298 g/mol. The topological polar surface area (TPSA) is 57.6 Å². The van der Waals surface area contributed by atoms with Crippen molar-refractivity contribution >= 4 is 23.5 Å². The third-order valence-electron chi connectivity index (χ3n) is 4.02. The lowest BCUT2D eigenvalue weighted by atomic mass is 10.1. The zero-order valence-electron chi connectivity index (χ0n) is 13.0. The lowest BCUT2D eigenvalue weighted by Crippen LogP contribution is -2.33. The number of Topliss-reactive ketones (excluding diaryl/α,β-unsaturated/α-hetero) is 1. The van der Waals surface area contributed by atoms with Gasteiger partial charge in [0.2, 0.25) is 0 Å². The summed E-state index contributed by atoms with van der Waals surface area (Å²) < 4.78 is 0.